The molecule has 3 aromatic heterocycles. The molecule has 26 heavy (non-hydrogen) atoms. The maximum absolute atomic E-state index is 5.24. The maximum atomic E-state index is 5.24. The van der Waals surface area contributed by atoms with Crippen LogP contribution in [-0.2, 0) is 0 Å². The molecule has 2 fully saturated rings. The smallest absolute Gasteiger partial charge is 0.213 e. The Kier molecular flexibility index (Phi) is 4.46. The Morgan fingerprint density at radius 1 is 1.08 bits per heavy atom. The molecular formula is C19H22ClN5O. The van der Waals surface area contributed by atoms with E-state index in [2.05, 4.69) is 37.3 Å². The Bertz CT molecular complexity index is 915. The number of piperazine rings is 1. The van der Waals surface area contributed by atoms with Crippen molar-refractivity contribution in [1.82, 2.24) is 20.3 Å². The summed E-state index contributed by atoms with van der Waals surface area (Å²) < 4.78 is 5.24. The molecule has 0 aliphatic carbocycles. The first kappa shape index (κ1) is 17.1. The lowest BCUT2D eigenvalue weighted by Gasteiger charge is -2.34. The van der Waals surface area contributed by atoms with Gasteiger partial charge in [0.1, 0.15) is 5.65 Å². The second-order valence-electron chi connectivity index (χ2n) is 6.91. The summed E-state index contributed by atoms with van der Waals surface area (Å²) >= 11 is 0. The molecule has 0 spiro atoms. The molecule has 2 bridgehead atoms. The molecule has 2 unspecified atom stereocenters. The molecule has 2 saturated heterocycles. The van der Waals surface area contributed by atoms with Crippen molar-refractivity contribution in [2.24, 2.45) is 0 Å². The topological polar surface area (TPSA) is 66.1 Å². The highest BCUT2D eigenvalue weighted by Crippen LogP contribution is 2.33. The van der Waals surface area contributed by atoms with Crippen LogP contribution in [0, 0.1) is 0 Å². The first-order valence-corrected chi connectivity index (χ1v) is 8.79. The number of halogens is 1. The Morgan fingerprint density at radius 3 is 2.62 bits per heavy atom. The summed E-state index contributed by atoms with van der Waals surface area (Å²) in [4.78, 5) is 14.7. The third-order valence-corrected chi connectivity index (χ3v) is 5.32. The van der Waals surface area contributed by atoms with Crippen molar-refractivity contribution >= 4 is 29.1 Å². The number of H-pyrrole nitrogens is 1. The Labute approximate surface area is 158 Å². The molecule has 2 atom stereocenters. The average Bonchev–Trinajstić information content (AvgIpc) is 3.24. The van der Waals surface area contributed by atoms with E-state index in [4.69, 9.17) is 4.74 Å². The molecule has 0 radical (unpaired) electrons. The number of aromatic nitrogens is 3. The van der Waals surface area contributed by atoms with Crippen molar-refractivity contribution in [3.05, 3.63) is 36.7 Å². The van der Waals surface area contributed by atoms with Crippen molar-refractivity contribution in [3.63, 3.8) is 0 Å². The van der Waals surface area contributed by atoms with Gasteiger partial charge in [-0.15, -0.1) is 12.4 Å². The SMILES string of the molecule is COc1cc(-c2cc3c(N4CC5CCC(C4)N5)ccnc3[nH]2)ccn1.Cl. The fourth-order valence-corrected chi connectivity index (χ4v) is 4.13. The van der Waals surface area contributed by atoms with Crippen LogP contribution in [0.4, 0.5) is 5.69 Å². The zero-order chi connectivity index (χ0) is 16.8. The second kappa shape index (κ2) is 6.78. The zero-order valence-corrected chi connectivity index (χ0v) is 15.4. The monoisotopic (exact) mass is 371 g/mol. The number of hydrogen-bond acceptors (Lipinski definition) is 5. The van der Waals surface area contributed by atoms with Crippen molar-refractivity contribution in [1.29, 1.82) is 0 Å². The number of pyridine rings is 2. The van der Waals surface area contributed by atoms with Gasteiger partial charge in [0.25, 0.3) is 0 Å². The summed E-state index contributed by atoms with van der Waals surface area (Å²) in [5.74, 6) is 0.614. The minimum Gasteiger partial charge on any atom is -0.481 e. The van der Waals surface area contributed by atoms with Gasteiger partial charge in [-0.3, -0.25) is 0 Å². The zero-order valence-electron chi connectivity index (χ0n) is 14.6. The van der Waals surface area contributed by atoms with Gasteiger partial charge < -0.3 is 19.9 Å². The highest BCUT2D eigenvalue weighted by Gasteiger charge is 2.32. The predicted molar refractivity (Wildman–Crippen MR) is 105 cm³/mol. The van der Waals surface area contributed by atoms with Crippen LogP contribution in [0.5, 0.6) is 5.88 Å². The maximum Gasteiger partial charge on any atom is 0.213 e. The quantitative estimate of drug-likeness (QED) is 0.741. The van der Waals surface area contributed by atoms with E-state index in [1.165, 1.54) is 23.9 Å². The molecule has 2 aliphatic heterocycles. The predicted octanol–water partition coefficient (Wildman–Crippen LogP) is 3.00. The molecule has 2 aliphatic rings. The van der Waals surface area contributed by atoms with Gasteiger partial charge in [-0.1, -0.05) is 0 Å². The van der Waals surface area contributed by atoms with Gasteiger partial charge in [0.05, 0.1) is 7.11 Å². The first-order valence-electron chi connectivity index (χ1n) is 8.79. The Hall–Kier alpha value is -2.31. The van der Waals surface area contributed by atoms with Gasteiger partial charge >= 0.3 is 0 Å². The van der Waals surface area contributed by atoms with Crippen LogP contribution in [0.3, 0.4) is 0 Å². The highest BCUT2D eigenvalue weighted by molar-refractivity contribution is 5.94. The molecule has 0 aromatic carbocycles. The van der Waals surface area contributed by atoms with E-state index in [1.807, 2.05) is 18.3 Å². The lowest BCUT2D eigenvalue weighted by Crippen LogP contribution is -2.51. The van der Waals surface area contributed by atoms with E-state index >= 15 is 0 Å². The highest BCUT2D eigenvalue weighted by atomic mass is 35.5. The number of ether oxygens (including phenoxy) is 1. The van der Waals surface area contributed by atoms with Crippen LogP contribution >= 0.6 is 12.4 Å². The van der Waals surface area contributed by atoms with E-state index in [0.717, 1.165) is 30.0 Å². The third-order valence-electron chi connectivity index (χ3n) is 5.32. The molecular weight excluding hydrogens is 350 g/mol. The normalized spacial score (nSPS) is 21.7. The molecule has 6 nitrogen and oxygen atoms in total. The van der Waals surface area contributed by atoms with Crippen LogP contribution in [0.15, 0.2) is 36.7 Å². The number of rotatable bonds is 3. The largest absolute Gasteiger partial charge is 0.481 e. The van der Waals surface area contributed by atoms with E-state index in [1.54, 1.807) is 13.3 Å². The number of aromatic amines is 1. The molecule has 5 rings (SSSR count). The number of methoxy groups -OCH3 is 1. The second-order valence-corrected chi connectivity index (χ2v) is 6.91. The summed E-state index contributed by atoms with van der Waals surface area (Å²) in [6.07, 6.45) is 6.23. The molecule has 5 heterocycles. The average molecular weight is 372 g/mol. The molecule has 3 aromatic rings. The Morgan fingerprint density at radius 2 is 1.85 bits per heavy atom. The number of anilines is 1. The van der Waals surface area contributed by atoms with Crippen LogP contribution in [0.2, 0.25) is 0 Å². The van der Waals surface area contributed by atoms with Crippen molar-refractivity contribution in [3.8, 4) is 17.1 Å². The number of nitrogens with one attached hydrogen (secondary N) is 2. The minimum atomic E-state index is 0. The summed E-state index contributed by atoms with van der Waals surface area (Å²) in [7, 11) is 1.63. The van der Waals surface area contributed by atoms with E-state index in [-0.39, 0.29) is 12.4 Å². The minimum absolute atomic E-state index is 0. The lowest BCUT2D eigenvalue weighted by atomic mass is 10.1. The Balaban J connectivity index is 0.00000168. The van der Waals surface area contributed by atoms with Gasteiger partial charge in [-0.2, -0.15) is 0 Å². The number of fused-ring (bicyclic) bond motifs is 3. The number of nitrogens with zero attached hydrogens (tertiary/aromatic N) is 3. The third kappa shape index (κ3) is 2.89. The van der Waals surface area contributed by atoms with Crippen LogP contribution in [-0.4, -0.2) is 47.2 Å². The molecule has 2 N–H and O–H groups in total. The van der Waals surface area contributed by atoms with Crippen molar-refractivity contribution in [2.75, 3.05) is 25.1 Å². The van der Waals surface area contributed by atoms with Crippen LogP contribution in [0.1, 0.15) is 12.8 Å². The van der Waals surface area contributed by atoms with Crippen LogP contribution < -0.4 is 15.0 Å². The van der Waals surface area contributed by atoms with Gasteiger partial charge in [0.15, 0.2) is 0 Å². The standard InChI is InChI=1S/C19H21N5O.ClH/c1-25-18-8-12(4-6-20-18)16-9-15-17(5-7-21-19(15)23-16)24-10-13-2-3-14(11-24)22-13;/h4-9,13-14,22H,2-3,10-11H2,1H3,(H,21,23);1H. The first-order chi connectivity index (χ1) is 12.3. The van der Waals surface area contributed by atoms with Crippen molar-refractivity contribution < 1.29 is 4.74 Å². The fourth-order valence-electron chi connectivity index (χ4n) is 4.13. The van der Waals surface area contributed by atoms with E-state index < -0.39 is 0 Å². The lowest BCUT2D eigenvalue weighted by molar-refractivity contribution is 0.398. The van der Waals surface area contributed by atoms with Gasteiger partial charge in [-0.25, -0.2) is 9.97 Å². The molecule has 0 amide bonds. The summed E-state index contributed by atoms with van der Waals surface area (Å²) in [6.45, 7) is 2.14. The fraction of sp³-hybridized carbons (Fsp3) is 0.368. The van der Waals surface area contributed by atoms with E-state index in [9.17, 15) is 0 Å². The molecule has 136 valence electrons. The molecule has 0 saturated carbocycles. The number of hydrogen-bond donors (Lipinski definition) is 2. The summed E-state index contributed by atoms with van der Waals surface area (Å²) in [6, 6.07) is 9.48. The van der Waals surface area contributed by atoms with Gasteiger partial charge in [-0.05, 0) is 31.0 Å². The summed E-state index contributed by atoms with van der Waals surface area (Å²) in [5.41, 5.74) is 4.28. The van der Waals surface area contributed by atoms with Crippen LogP contribution in [0.25, 0.3) is 22.3 Å². The summed E-state index contributed by atoms with van der Waals surface area (Å²) in [5, 5.41) is 4.87. The van der Waals surface area contributed by atoms with Crippen molar-refractivity contribution in [2.45, 2.75) is 24.9 Å². The van der Waals surface area contributed by atoms with Gasteiger partial charge in [0.2, 0.25) is 5.88 Å². The van der Waals surface area contributed by atoms with Gasteiger partial charge in [0, 0.05) is 66.0 Å². The molecule has 7 heteroatoms. The van der Waals surface area contributed by atoms with E-state index in [0.29, 0.717) is 18.0 Å².